The van der Waals surface area contributed by atoms with E-state index < -0.39 is 35.6 Å². The van der Waals surface area contributed by atoms with Crippen molar-refractivity contribution in [1.29, 1.82) is 0 Å². The monoisotopic (exact) mass is 413 g/mol. The molecule has 2 atom stereocenters. The molecule has 136 valence electrons. The van der Waals surface area contributed by atoms with Gasteiger partial charge < -0.3 is 20.3 Å². The van der Waals surface area contributed by atoms with Crippen LogP contribution in [0.1, 0.15) is 38.0 Å². The molecule has 2 unspecified atom stereocenters. The summed E-state index contributed by atoms with van der Waals surface area (Å²) in [5.74, 6) is 0. The minimum Gasteiger partial charge on any atom is -0.444 e. The van der Waals surface area contributed by atoms with Crippen molar-refractivity contribution >= 4 is 22.0 Å². The van der Waals surface area contributed by atoms with Crippen LogP contribution in [0, 0.1) is 0 Å². The lowest BCUT2D eigenvalue weighted by Crippen LogP contribution is -2.38. The van der Waals surface area contributed by atoms with Gasteiger partial charge in [0.2, 0.25) is 0 Å². The van der Waals surface area contributed by atoms with Gasteiger partial charge in [-0.1, -0.05) is 22.0 Å². The van der Waals surface area contributed by atoms with Gasteiger partial charge in [-0.3, -0.25) is 0 Å². The highest BCUT2D eigenvalue weighted by molar-refractivity contribution is 9.10. The predicted octanol–water partition coefficient (Wildman–Crippen LogP) is 3.39. The Morgan fingerprint density at radius 2 is 1.88 bits per heavy atom. The van der Waals surface area contributed by atoms with Crippen LogP contribution in [0.25, 0.3) is 0 Å². The number of halogens is 4. The number of alkyl halides is 3. The van der Waals surface area contributed by atoms with Crippen molar-refractivity contribution in [2.24, 2.45) is 0 Å². The maximum absolute atomic E-state index is 12.6. The van der Waals surface area contributed by atoms with Gasteiger partial charge in [0, 0.05) is 11.0 Å². The number of carbonyl (C=O) groups is 1. The summed E-state index contributed by atoms with van der Waals surface area (Å²) in [7, 11) is 0. The second-order valence-electron chi connectivity index (χ2n) is 6.13. The van der Waals surface area contributed by atoms with E-state index in [9.17, 15) is 28.2 Å². The van der Waals surface area contributed by atoms with E-state index in [1.165, 1.54) is 0 Å². The third-order valence-corrected chi connectivity index (χ3v) is 3.55. The molecule has 0 aliphatic heterocycles. The summed E-state index contributed by atoms with van der Waals surface area (Å²) in [5.41, 5.74) is -1.53. The number of ether oxygens (including phenoxy) is 1. The SMILES string of the molecule is CC(C)(C)OC(=O)NCC(O)C(O)c1ccc(C(F)(F)F)cc1Br. The highest BCUT2D eigenvalue weighted by Gasteiger charge is 2.32. The Labute approximate surface area is 145 Å². The maximum Gasteiger partial charge on any atom is 0.416 e. The molecule has 1 aromatic rings. The molecule has 3 N–H and O–H groups in total. The number of amides is 1. The first-order valence-electron chi connectivity index (χ1n) is 7.01. The van der Waals surface area contributed by atoms with E-state index >= 15 is 0 Å². The summed E-state index contributed by atoms with van der Waals surface area (Å²) in [6.45, 7) is 4.66. The number of benzene rings is 1. The van der Waals surface area contributed by atoms with Crippen LogP contribution in [0.15, 0.2) is 22.7 Å². The minimum absolute atomic E-state index is 0.00106. The van der Waals surface area contributed by atoms with E-state index in [0.29, 0.717) is 0 Å². The Morgan fingerprint density at radius 1 is 1.29 bits per heavy atom. The second kappa shape index (κ2) is 7.71. The van der Waals surface area contributed by atoms with Crippen molar-refractivity contribution in [2.75, 3.05) is 6.54 Å². The zero-order valence-electron chi connectivity index (χ0n) is 13.3. The summed E-state index contributed by atoms with van der Waals surface area (Å²) in [5, 5.41) is 22.2. The van der Waals surface area contributed by atoms with Gasteiger partial charge in [-0.25, -0.2) is 4.79 Å². The van der Waals surface area contributed by atoms with E-state index in [1.807, 2.05) is 0 Å². The number of aliphatic hydroxyl groups excluding tert-OH is 2. The van der Waals surface area contributed by atoms with Crippen LogP contribution in [0.4, 0.5) is 18.0 Å². The lowest BCUT2D eigenvalue weighted by Gasteiger charge is -2.23. The smallest absolute Gasteiger partial charge is 0.416 e. The van der Waals surface area contributed by atoms with Crippen molar-refractivity contribution in [3.63, 3.8) is 0 Å². The summed E-state index contributed by atoms with van der Waals surface area (Å²) < 4.78 is 42.8. The quantitative estimate of drug-likeness (QED) is 0.706. The van der Waals surface area contributed by atoms with Crippen LogP contribution in [0.3, 0.4) is 0 Å². The molecule has 9 heteroatoms. The Morgan fingerprint density at radius 3 is 2.33 bits per heavy atom. The van der Waals surface area contributed by atoms with Gasteiger partial charge in [-0.2, -0.15) is 13.2 Å². The topological polar surface area (TPSA) is 78.8 Å². The Bertz CT molecular complexity index is 587. The number of aliphatic hydroxyl groups is 2. The molecule has 0 bridgehead atoms. The summed E-state index contributed by atoms with van der Waals surface area (Å²) in [6, 6.07) is 2.68. The fraction of sp³-hybridized carbons (Fsp3) is 0.533. The van der Waals surface area contributed by atoms with E-state index in [1.54, 1.807) is 20.8 Å². The number of rotatable bonds is 4. The zero-order chi connectivity index (χ0) is 18.7. The third kappa shape index (κ3) is 6.29. The molecule has 5 nitrogen and oxygen atoms in total. The molecule has 1 rings (SSSR count). The van der Waals surface area contributed by atoms with Crippen molar-refractivity contribution in [2.45, 2.75) is 44.8 Å². The van der Waals surface area contributed by atoms with Gasteiger partial charge in [0.1, 0.15) is 17.8 Å². The van der Waals surface area contributed by atoms with Crippen LogP contribution in [0.2, 0.25) is 0 Å². The highest BCUT2D eigenvalue weighted by atomic mass is 79.9. The summed E-state index contributed by atoms with van der Waals surface area (Å²) >= 11 is 2.95. The van der Waals surface area contributed by atoms with Gasteiger partial charge in [0.25, 0.3) is 0 Å². The van der Waals surface area contributed by atoms with Crippen LogP contribution in [0.5, 0.6) is 0 Å². The molecular formula is C15H19BrF3NO4. The molecule has 24 heavy (non-hydrogen) atoms. The Hall–Kier alpha value is -1.32. The van der Waals surface area contributed by atoms with Crippen LogP contribution in [-0.4, -0.2) is 34.6 Å². The normalized spacial score (nSPS) is 14.9. The number of hydrogen-bond acceptors (Lipinski definition) is 4. The largest absolute Gasteiger partial charge is 0.444 e. The standard InChI is InChI=1S/C15H19BrF3NO4/c1-14(2,3)24-13(23)20-7-11(21)12(22)9-5-4-8(6-10(9)16)15(17,18)19/h4-6,11-12,21-22H,7H2,1-3H3,(H,20,23). The molecule has 1 amide bonds. The highest BCUT2D eigenvalue weighted by Crippen LogP contribution is 2.34. The third-order valence-electron chi connectivity index (χ3n) is 2.87. The molecule has 1 aromatic carbocycles. The fourth-order valence-corrected chi connectivity index (χ4v) is 2.38. The van der Waals surface area contributed by atoms with Gasteiger partial charge in [0.15, 0.2) is 0 Å². The van der Waals surface area contributed by atoms with Gasteiger partial charge >= 0.3 is 12.3 Å². The molecule has 0 saturated carbocycles. The Balaban J connectivity index is 2.72. The molecule has 0 saturated heterocycles. The predicted molar refractivity (Wildman–Crippen MR) is 84.3 cm³/mol. The number of carbonyl (C=O) groups excluding carboxylic acids is 1. The second-order valence-corrected chi connectivity index (χ2v) is 6.98. The number of nitrogens with one attached hydrogen (secondary N) is 1. The van der Waals surface area contributed by atoms with Crippen LogP contribution in [-0.2, 0) is 10.9 Å². The first kappa shape index (κ1) is 20.7. The van der Waals surface area contributed by atoms with Crippen LogP contribution >= 0.6 is 15.9 Å². The minimum atomic E-state index is -4.51. The average molecular weight is 414 g/mol. The van der Waals surface area contributed by atoms with E-state index in [2.05, 4.69) is 21.2 Å². The molecular weight excluding hydrogens is 395 g/mol. The van der Waals surface area contributed by atoms with Gasteiger partial charge in [-0.05, 0) is 38.5 Å². The van der Waals surface area contributed by atoms with Gasteiger partial charge in [0.05, 0.1) is 5.56 Å². The Kier molecular flexibility index (Phi) is 6.66. The van der Waals surface area contributed by atoms with Crippen molar-refractivity contribution in [3.8, 4) is 0 Å². The summed E-state index contributed by atoms with van der Waals surface area (Å²) in [6.07, 6.45) is -8.20. The van der Waals surface area contributed by atoms with E-state index in [0.717, 1.165) is 18.2 Å². The lowest BCUT2D eigenvalue weighted by molar-refractivity contribution is -0.137. The van der Waals surface area contributed by atoms with E-state index in [-0.39, 0.29) is 16.6 Å². The maximum atomic E-state index is 12.6. The number of hydrogen-bond donors (Lipinski definition) is 3. The first-order valence-corrected chi connectivity index (χ1v) is 7.80. The van der Waals surface area contributed by atoms with E-state index in [4.69, 9.17) is 4.74 Å². The molecule has 0 fully saturated rings. The first-order chi connectivity index (χ1) is 10.8. The molecule has 0 heterocycles. The molecule has 0 aliphatic rings. The molecule has 0 aliphatic carbocycles. The van der Waals surface area contributed by atoms with Crippen molar-refractivity contribution in [3.05, 3.63) is 33.8 Å². The van der Waals surface area contributed by atoms with Crippen molar-refractivity contribution in [1.82, 2.24) is 5.32 Å². The molecule has 0 aromatic heterocycles. The zero-order valence-corrected chi connectivity index (χ0v) is 14.9. The summed E-state index contributed by atoms with van der Waals surface area (Å²) in [4.78, 5) is 11.5. The fourth-order valence-electron chi connectivity index (χ4n) is 1.76. The average Bonchev–Trinajstić information content (AvgIpc) is 2.41. The van der Waals surface area contributed by atoms with Gasteiger partial charge in [-0.15, -0.1) is 0 Å². The van der Waals surface area contributed by atoms with Crippen LogP contribution < -0.4 is 5.32 Å². The lowest BCUT2D eigenvalue weighted by atomic mass is 10.0. The number of alkyl carbamates (subject to hydrolysis) is 1. The molecule has 0 spiro atoms. The molecule has 0 radical (unpaired) electrons. The van der Waals surface area contributed by atoms with Crippen molar-refractivity contribution < 1.29 is 32.9 Å².